The number of aliphatic hydroxyl groups excluding tert-OH is 1. The molecule has 2 amide bonds. The Morgan fingerprint density at radius 2 is 1.86 bits per heavy atom. The number of ether oxygens (including phenoxy) is 1. The standard InChI is InChI=1S/C37H43BrN6O5Si/c1-24-35(50(2,3)48)33(15-17-42-22-31(40-41-42)29(23-45)26-7-5-4-6-8-26)49-37(24)30-19-27(38)11-14-32(30)44(36(37)47)21-25-9-12-28(13-10-25)43-18-16-39-20-34(43)46/h4-14,19,22,24,29,33,35,39,45,48H,15-18,20-21,23H2,1-3H3/t24-,29?,33+,35-,37+/m0/s1. The van der Waals surface area contributed by atoms with Gasteiger partial charge in [-0.3, -0.25) is 14.3 Å². The molecule has 0 bridgehead atoms. The zero-order chi connectivity index (χ0) is 35.2. The van der Waals surface area contributed by atoms with Crippen LogP contribution in [0.3, 0.4) is 0 Å². The minimum Gasteiger partial charge on any atom is -0.432 e. The summed E-state index contributed by atoms with van der Waals surface area (Å²) in [5, 5.41) is 22.0. The predicted molar refractivity (Wildman–Crippen MR) is 196 cm³/mol. The van der Waals surface area contributed by atoms with Crippen LogP contribution in [-0.2, 0) is 33.0 Å². The van der Waals surface area contributed by atoms with Crippen molar-refractivity contribution in [1.82, 2.24) is 20.3 Å². The van der Waals surface area contributed by atoms with Crippen molar-refractivity contribution < 1.29 is 24.2 Å². The third-order valence-electron chi connectivity index (χ3n) is 10.6. The molecule has 3 N–H and O–H groups in total. The molecular weight excluding hydrogens is 716 g/mol. The van der Waals surface area contributed by atoms with Crippen molar-refractivity contribution in [3.63, 3.8) is 0 Å². The van der Waals surface area contributed by atoms with Gasteiger partial charge in [0.05, 0.1) is 43.1 Å². The average molecular weight is 760 g/mol. The number of rotatable bonds is 10. The summed E-state index contributed by atoms with van der Waals surface area (Å²) >= 11 is 3.64. The summed E-state index contributed by atoms with van der Waals surface area (Å²) in [5.41, 5.74) is 3.51. The van der Waals surface area contributed by atoms with Crippen molar-refractivity contribution in [2.75, 3.05) is 36.0 Å². The molecule has 1 unspecified atom stereocenters. The van der Waals surface area contributed by atoms with Crippen molar-refractivity contribution >= 4 is 47.4 Å². The van der Waals surface area contributed by atoms with Gasteiger partial charge in [-0.05, 0) is 61.0 Å². The number of hydrogen-bond acceptors (Lipinski definition) is 8. The summed E-state index contributed by atoms with van der Waals surface area (Å²) in [6.07, 6.45) is 1.98. The van der Waals surface area contributed by atoms with Crippen molar-refractivity contribution in [3.8, 4) is 0 Å². The zero-order valence-corrected chi connectivity index (χ0v) is 31.1. The first-order valence-corrected chi connectivity index (χ1v) is 21.0. The maximum Gasteiger partial charge on any atom is 0.264 e. The second kappa shape index (κ2) is 13.8. The number of aliphatic hydroxyl groups is 1. The number of anilines is 2. The summed E-state index contributed by atoms with van der Waals surface area (Å²) in [6, 6.07) is 23.5. The van der Waals surface area contributed by atoms with Crippen LogP contribution in [0.25, 0.3) is 0 Å². The van der Waals surface area contributed by atoms with E-state index in [4.69, 9.17) is 4.74 Å². The Bertz CT molecular complexity index is 1870. The summed E-state index contributed by atoms with van der Waals surface area (Å²) in [6.45, 7) is 8.30. The number of amides is 2. The number of nitrogens with zero attached hydrogens (tertiary/aromatic N) is 5. The number of carbonyl (C=O) groups excluding carboxylic acids is 2. The van der Waals surface area contributed by atoms with E-state index in [9.17, 15) is 19.5 Å². The van der Waals surface area contributed by atoms with E-state index in [0.717, 1.165) is 39.1 Å². The Balaban J connectivity index is 1.15. The van der Waals surface area contributed by atoms with Crippen molar-refractivity contribution in [1.29, 1.82) is 0 Å². The van der Waals surface area contributed by atoms with E-state index in [2.05, 4.69) is 31.6 Å². The first kappa shape index (κ1) is 34.7. The summed E-state index contributed by atoms with van der Waals surface area (Å²) in [5.74, 6) is -0.681. The normalized spacial score (nSPS) is 24.3. The summed E-state index contributed by atoms with van der Waals surface area (Å²) in [7, 11) is -2.86. The zero-order valence-electron chi connectivity index (χ0n) is 28.5. The maximum atomic E-state index is 14.8. The van der Waals surface area contributed by atoms with Gasteiger partial charge in [0.15, 0.2) is 13.9 Å². The van der Waals surface area contributed by atoms with Gasteiger partial charge in [0, 0.05) is 53.0 Å². The minimum atomic E-state index is -2.86. The van der Waals surface area contributed by atoms with Crippen LogP contribution in [0, 0.1) is 5.92 Å². The van der Waals surface area contributed by atoms with Gasteiger partial charge in [-0.1, -0.05) is 70.5 Å². The minimum absolute atomic E-state index is 0.0396. The van der Waals surface area contributed by atoms with Gasteiger partial charge in [0.2, 0.25) is 5.91 Å². The number of halogens is 1. The molecule has 13 heteroatoms. The number of hydrogen-bond donors (Lipinski definition) is 3. The molecule has 2 saturated heterocycles. The molecular formula is C37H43BrN6O5Si. The maximum absolute atomic E-state index is 14.8. The first-order chi connectivity index (χ1) is 24.0. The van der Waals surface area contributed by atoms with Crippen molar-refractivity contribution in [2.45, 2.75) is 62.7 Å². The third-order valence-corrected chi connectivity index (χ3v) is 13.6. The molecule has 3 aromatic carbocycles. The molecule has 4 aromatic rings. The monoisotopic (exact) mass is 758 g/mol. The second-order valence-electron chi connectivity index (χ2n) is 14.1. The third kappa shape index (κ3) is 6.24. The molecule has 3 aliphatic heterocycles. The van der Waals surface area contributed by atoms with E-state index in [1.165, 1.54) is 0 Å². The van der Waals surface area contributed by atoms with Gasteiger partial charge in [-0.2, -0.15) is 0 Å². The smallest absolute Gasteiger partial charge is 0.264 e. The number of aromatic nitrogens is 3. The Labute approximate surface area is 301 Å². The van der Waals surface area contributed by atoms with Gasteiger partial charge in [0.25, 0.3) is 5.91 Å². The lowest BCUT2D eigenvalue weighted by atomic mass is 9.82. The number of fused-ring (bicyclic) bond motifs is 2. The fourth-order valence-corrected chi connectivity index (χ4v) is 11.2. The molecule has 2 fully saturated rings. The molecule has 0 radical (unpaired) electrons. The lowest BCUT2D eigenvalue weighted by Crippen LogP contribution is -2.48. The lowest BCUT2D eigenvalue weighted by Gasteiger charge is -2.32. The molecule has 50 heavy (non-hydrogen) atoms. The van der Waals surface area contributed by atoms with E-state index in [0.29, 0.717) is 38.3 Å². The predicted octanol–water partition coefficient (Wildman–Crippen LogP) is 4.54. The molecule has 11 nitrogen and oxygen atoms in total. The van der Waals surface area contributed by atoms with Gasteiger partial charge < -0.3 is 29.8 Å². The van der Waals surface area contributed by atoms with Crippen molar-refractivity contribution in [3.05, 3.63) is 106 Å². The van der Waals surface area contributed by atoms with Crippen LogP contribution >= 0.6 is 15.9 Å². The number of nitrogens with one attached hydrogen (secondary N) is 1. The molecule has 0 saturated carbocycles. The number of piperazine rings is 1. The van der Waals surface area contributed by atoms with Gasteiger partial charge in [0.1, 0.15) is 0 Å². The average Bonchev–Trinajstić information content (AvgIpc) is 3.75. The quantitative estimate of drug-likeness (QED) is 0.201. The molecule has 0 aliphatic carbocycles. The van der Waals surface area contributed by atoms with Crippen molar-refractivity contribution in [2.24, 2.45) is 5.92 Å². The summed E-state index contributed by atoms with van der Waals surface area (Å²) < 4.78 is 9.61. The molecule has 4 heterocycles. The van der Waals surface area contributed by atoms with E-state index < -0.39 is 20.0 Å². The lowest BCUT2D eigenvalue weighted by molar-refractivity contribution is -0.146. The highest BCUT2D eigenvalue weighted by atomic mass is 79.9. The first-order valence-electron chi connectivity index (χ1n) is 17.2. The number of aryl methyl sites for hydroxylation is 1. The highest BCUT2D eigenvalue weighted by molar-refractivity contribution is 9.10. The molecule has 5 atom stereocenters. The van der Waals surface area contributed by atoms with Crippen LogP contribution in [0.4, 0.5) is 11.4 Å². The van der Waals surface area contributed by atoms with Crippen LogP contribution < -0.4 is 15.1 Å². The molecule has 1 spiro atoms. The van der Waals surface area contributed by atoms with E-state index >= 15 is 0 Å². The molecule has 7 rings (SSSR count). The van der Waals surface area contributed by atoms with Gasteiger partial charge in [-0.25, -0.2) is 0 Å². The highest BCUT2D eigenvalue weighted by Gasteiger charge is 2.66. The second-order valence-corrected chi connectivity index (χ2v) is 19.0. The Hall–Kier alpha value is -3.72. The SMILES string of the molecule is C[C@H]1[C@H]([Si](C)(C)O)[C@@H](CCn2cc(C(CO)c3ccccc3)nn2)O[C@]12C(=O)N(Cc1ccc(N3CCNCC3=O)cc1)c1ccc(Br)cc12. The van der Waals surface area contributed by atoms with Crippen LogP contribution in [0.1, 0.15) is 41.6 Å². The number of carbonyl (C=O) groups is 2. The van der Waals surface area contributed by atoms with Crippen LogP contribution in [0.2, 0.25) is 18.6 Å². The van der Waals surface area contributed by atoms with Crippen LogP contribution in [0.15, 0.2) is 83.5 Å². The Morgan fingerprint density at radius 1 is 1.10 bits per heavy atom. The highest BCUT2D eigenvalue weighted by Crippen LogP contribution is 2.60. The largest absolute Gasteiger partial charge is 0.432 e. The van der Waals surface area contributed by atoms with Crippen LogP contribution in [-0.4, -0.2) is 77.4 Å². The Kier molecular flexibility index (Phi) is 9.56. The van der Waals surface area contributed by atoms with Gasteiger partial charge in [-0.15, -0.1) is 5.10 Å². The molecule has 262 valence electrons. The molecule has 1 aromatic heterocycles. The Morgan fingerprint density at radius 3 is 2.56 bits per heavy atom. The number of benzene rings is 3. The van der Waals surface area contributed by atoms with E-state index in [1.807, 2.05) is 99.0 Å². The fourth-order valence-electron chi connectivity index (χ4n) is 8.22. The topological polar surface area (TPSA) is 133 Å². The fraction of sp³-hybridized carbons (Fsp3) is 0.405. The van der Waals surface area contributed by atoms with E-state index in [-0.39, 0.29) is 35.8 Å². The van der Waals surface area contributed by atoms with E-state index in [1.54, 1.807) is 14.5 Å². The van der Waals surface area contributed by atoms with Crippen LogP contribution in [0.5, 0.6) is 0 Å². The molecule has 3 aliphatic rings. The van der Waals surface area contributed by atoms with Gasteiger partial charge >= 0.3 is 0 Å². The summed E-state index contributed by atoms with van der Waals surface area (Å²) in [4.78, 5) is 42.6.